The molecule has 0 N–H and O–H groups in total. The van der Waals surface area contributed by atoms with E-state index < -0.39 is 20.0 Å². The van der Waals surface area contributed by atoms with Gasteiger partial charge in [-0.3, -0.25) is 4.79 Å². The maximum atomic E-state index is 13.4. The van der Waals surface area contributed by atoms with E-state index in [9.17, 15) is 4.79 Å². The number of ketones is 1. The van der Waals surface area contributed by atoms with Crippen LogP contribution in [0.4, 0.5) is 0 Å². The molecule has 2 aromatic rings. The second kappa shape index (κ2) is 8.82. The van der Waals surface area contributed by atoms with Gasteiger partial charge in [0.1, 0.15) is 11.4 Å². The van der Waals surface area contributed by atoms with Crippen molar-refractivity contribution in [2.24, 2.45) is 0 Å². The Hall–Kier alpha value is -1.95. The lowest BCUT2D eigenvalue weighted by Crippen LogP contribution is -2.54. The Morgan fingerprint density at radius 3 is 2.15 bits per heavy atom. The maximum absolute atomic E-state index is 13.4. The van der Waals surface area contributed by atoms with Gasteiger partial charge in [-0.15, -0.1) is 0 Å². The summed E-state index contributed by atoms with van der Waals surface area (Å²) in [4.78, 5) is 13.4. The third kappa shape index (κ3) is 5.76. The highest BCUT2D eigenvalue weighted by Gasteiger charge is 2.44. The highest BCUT2D eigenvalue weighted by atomic mass is 28.4. The molecule has 0 bridgehead atoms. The minimum atomic E-state index is -2.00. The van der Waals surface area contributed by atoms with Crippen LogP contribution in [0.3, 0.4) is 0 Å². The second-order valence-corrected chi connectivity index (χ2v) is 12.2. The summed E-state index contributed by atoms with van der Waals surface area (Å²) in [6.45, 7) is 10.4. The van der Waals surface area contributed by atoms with E-state index in [0.29, 0.717) is 17.9 Å². The molecule has 0 saturated heterocycles. The van der Waals surface area contributed by atoms with Crippen LogP contribution in [0.2, 0.25) is 19.6 Å². The second-order valence-electron chi connectivity index (χ2n) is 7.82. The number of hydrogen-bond acceptors (Lipinski definition) is 4. The maximum Gasteiger partial charge on any atom is 0.195 e. The third-order valence-electron chi connectivity index (χ3n) is 4.44. The molecule has 0 aromatic heterocycles. The molecule has 0 fully saturated rings. The summed E-state index contributed by atoms with van der Waals surface area (Å²) in [5.41, 5.74) is 0.594. The summed E-state index contributed by atoms with van der Waals surface area (Å²) in [7, 11) is -0.397. The minimum Gasteiger partial charge on any atom is -0.497 e. The van der Waals surface area contributed by atoms with Gasteiger partial charge >= 0.3 is 0 Å². The van der Waals surface area contributed by atoms with Crippen LogP contribution in [-0.4, -0.2) is 32.9 Å². The van der Waals surface area contributed by atoms with Crippen LogP contribution in [0, 0.1) is 0 Å². The van der Waals surface area contributed by atoms with E-state index in [1.807, 2.05) is 44.2 Å². The van der Waals surface area contributed by atoms with Gasteiger partial charge in [0, 0.05) is 5.56 Å². The molecule has 27 heavy (non-hydrogen) atoms. The zero-order valence-electron chi connectivity index (χ0n) is 17.1. The number of carbonyl (C=O) groups is 1. The van der Waals surface area contributed by atoms with Crippen molar-refractivity contribution in [1.82, 2.24) is 0 Å². The predicted octanol–water partition coefficient (Wildman–Crippen LogP) is 5.09. The Kier molecular flexibility index (Phi) is 6.98. The smallest absolute Gasteiger partial charge is 0.195 e. The fourth-order valence-electron chi connectivity index (χ4n) is 2.93. The average Bonchev–Trinajstić information content (AvgIpc) is 2.65. The van der Waals surface area contributed by atoms with Crippen molar-refractivity contribution in [3.63, 3.8) is 0 Å². The van der Waals surface area contributed by atoms with Gasteiger partial charge in [0.05, 0.1) is 19.8 Å². The molecule has 5 heteroatoms. The summed E-state index contributed by atoms with van der Waals surface area (Å²) < 4.78 is 17.6. The quantitative estimate of drug-likeness (QED) is 0.445. The molecule has 0 aliphatic carbocycles. The molecule has 0 spiro atoms. The molecule has 4 nitrogen and oxygen atoms in total. The largest absolute Gasteiger partial charge is 0.497 e. The minimum absolute atomic E-state index is 0.0758. The van der Waals surface area contributed by atoms with Crippen LogP contribution in [-0.2, 0) is 15.8 Å². The molecule has 0 aliphatic rings. The molecule has 0 heterocycles. The molecule has 2 aromatic carbocycles. The standard InChI is InChI=1S/C22H30O4Si/c1-17(25-16-18-10-8-7-9-11-18)22(2,26-27(4,5)6)21(23)19-12-14-20(24-3)15-13-19/h7-15,17H,16H2,1-6H3/t17-,22+/m1/s1. The Morgan fingerprint density at radius 1 is 1.04 bits per heavy atom. The molecule has 0 saturated carbocycles. The first-order valence-electron chi connectivity index (χ1n) is 9.20. The lowest BCUT2D eigenvalue weighted by Gasteiger charge is -2.39. The topological polar surface area (TPSA) is 44.8 Å². The van der Waals surface area contributed by atoms with Crippen molar-refractivity contribution >= 4 is 14.1 Å². The van der Waals surface area contributed by atoms with E-state index >= 15 is 0 Å². The van der Waals surface area contributed by atoms with Crippen LogP contribution in [0.5, 0.6) is 5.75 Å². The summed E-state index contributed by atoms with van der Waals surface area (Å²) in [6, 6.07) is 17.1. The van der Waals surface area contributed by atoms with Crippen LogP contribution in [0.15, 0.2) is 54.6 Å². The van der Waals surface area contributed by atoms with Crippen molar-refractivity contribution in [2.75, 3.05) is 7.11 Å². The fraction of sp³-hybridized carbons (Fsp3) is 0.409. The van der Waals surface area contributed by atoms with Crippen LogP contribution in [0.1, 0.15) is 29.8 Å². The number of Topliss-reactive ketones (excluding diaryl/α,β-unsaturated/α-hetero) is 1. The van der Waals surface area contributed by atoms with Gasteiger partial charge in [0.25, 0.3) is 0 Å². The lowest BCUT2D eigenvalue weighted by atomic mass is 9.90. The van der Waals surface area contributed by atoms with Gasteiger partial charge in [0.15, 0.2) is 14.1 Å². The van der Waals surface area contributed by atoms with Crippen LogP contribution >= 0.6 is 0 Å². The van der Waals surface area contributed by atoms with Crippen molar-refractivity contribution in [3.8, 4) is 5.75 Å². The summed E-state index contributed by atoms with van der Waals surface area (Å²) >= 11 is 0. The number of ether oxygens (including phenoxy) is 2. The molecule has 0 unspecified atom stereocenters. The lowest BCUT2D eigenvalue weighted by molar-refractivity contribution is -0.0652. The molecular weight excluding hydrogens is 356 g/mol. The highest BCUT2D eigenvalue weighted by molar-refractivity contribution is 6.70. The zero-order valence-corrected chi connectivity index (χ0v) is 18.1. The van der Waals surface area contributed by atoms with Crippen molar-refractivity contribution in [1.29, 1.82) is 0 Å². The van der Waals surface area contributed by atoms with E-state index in [1.165, 1.54) is 0 Å². The first-order chi connectivity index (χ1) is 12.7. The van der Waals surface area contributed by atoms with Gasteiger partial charge in [-0.2, -0.15) is 0 Å². The van der Waals surface area contributed by atoms with E-state index in [4.69, 9.17) is 13.9 Å². The summed E-state index contributed by atoms with van der Waals surface area (Å²) in [6.07, 6.45) is -0.404. The Bertz CT molecular complexity index is 737. The molecule has 0 radical (unpaired) electrons. The monoisotopic (exact) mass is 386 g/mol. The van der Waals surface area contributed by atoms with E-state index in [2.05, 4.69) is 19.6 Å². The van der Waals surface area contributed by atoms with Gasteiger partial charge in [-0.05, 0) is 63.3 Å². The third-order valence-corrected chi connectivity index (χ3v) is 5.48. The first kappa shape index (κ1) is 21.3. The Labute approximate surface area is 163 Å². The first-order valence-corrected chi connectivity index (χ1v) is 12.6. The number of hydrogen-bond donors (Lipinski definition) is 0. The highest BCUT2D eigenvalue weighted by Crippen LogP contribution is 2.29. The van der Waals surface area contributed by atoms with Crippen molar-refractivity contribution in [3.05, 3.63) is 65.7 Å². The van der Waals surface area contributed by atoms with E-state index in [-0.39, 0.29) is 5.78 Å². The molecule has 0 amide bonds. The molecule has 0 aliphatic heterocycles. The zero-order chi connectivity index (χ0) is 20.1. The number of carbonyl (C=O) groups excluding carboxylic acids is 1. The average molecular weight is 387 g/mol. The predicted molar refractivity (Wildman–Crippen MR) is 111 cm³/mol. The van der Waals surface area contributed by atoms with Crippen LogP contribution in [0.25, 0.3) is 0 Å². The molecular formula is C22H30O4Si. The van der Waals surface area contributed by atoms with E-state index in [1.54, 1.807) is 31.4 Å². The number of rotatable bonds is 9. The van der Waals surface area contributed by atoms with Gasteiger partial charge < -0.3 is 13.9 Å². The Balaban J connectivity index is 2.25. The van der Waals surface area contributed by atoms with Gasteiger partial charge in [-0.1, -0.05) is 30.3 Å². The Morgan fingerprint density at radius 2 is 1.63 bits per heavy atom. The van der Waals surface area contributed by atoms with Crippen LogP contribution < -0.4 is 4.74 Å². The SMILES string of the molecule is COc1ccc(C(=O)[C@@](C)(O[Si](C)(C)C)[C@@H](C)OCc2ccccc2)cc1. The summed E-state index contributed by atoms with van der Waals surface area (Å²) in [5, 5.41) is 0. The van der Waals surface area contributed by atoms with Gasteiger partial charge in [-0.25, -0.2) is 0 Å². The van der Waals surface area contributed by atoms with Crippen molar-refractivity contribution in [2.45, 2.75) is 51.8 Å². The van der Waals surface area contributed by atoms with Crippen molar-refractivity contribution < 1.29 is 18.7 Å². The van der Waals surface area contributed by atoms with E-state index in [0.717, 1.165) is 5.56 Å². The van der Waals surface area contributed by atoms with Gasteiger partial charge in [0.2, 0.25) is 0 Å². The number of benzene rings is 2. The molecule has 2 rings (SSSR count). The summed E-state index contributed by atoms with van der Waals surface area (Å²) in [5.74, 6) is 0.640. The molecule has 2 atom stereocenters. The normalized spacial score (nSPS) is 15.0. The fourth-order valence-corrected chi connectivity index (χ4v) is 4.46. The number of methoxy groups -OCH3 is 1. The molecule has 146 valence electrons.